The Hall–Kier alpha value is -0.620. The monoisotopic (exact) mass is 276 g/mol. The van der Waals surface area contributed by atoms with Crippen LogP contribution in [-0.4, -0.2) is 41.8 Å². The van der Waals surface area contributed by atoms with Gasteiger partial charge in [0.15, 0.2) is 0 Å². The molecule has 0 amide bonds. The molecule has 0 aliphatic heterocycles. The van der Waals surface area contributed by atoms with Crippen LogP contribution in [0.1, 0.15) is 31.6 Å². The van der Waals surface area contributed by atoms with Gasteiger partial charge in [-0.15, -0.1) is 0 Å². The van der Waals surface area contributed by atoms with Crippen LogP contribution in [0, 0.1) is 0 Å². The van der Waals surface area contributed by atoms with Crippen LogP contribution in [-0.2, 0) is 16.0 Å². The van der Waals surface area contributed by atoms with Crippen molar-refractivity contribution in [3.63, 3.8) is 0 Å². The number of halogens is 1. The Bertz CT molecular complexity index is 344. The van der Waals surface area contributed by atoms with Gasteiger partial charge in [0.1, 0.15) is 0 Å². The first-order chi connectivity index (χ1) is 8.70. The van der Waals surface area contributed by atoms with Gasteiger partial charge in [0.25, 0.3) is 0 Å². The minimum absolute atomic E-state index is 0.470. The van der Waals surface area contributed by atoms with Crippen LogP contribution >= 0.6 is 11.6 Å². The quantitative estimate of drug-likeness (QED) is 0.701. The second-order valence-corrected chi connectivity index (χ2v) is 4.42. The lowest BCUT2D eigenvalue weighted by molar-refractivity contribution is 0.0456. The van der Waals surface area contributed by atoms with Gasteiger partial charge in [-0.25, -0.2) is 0 Å². The van der Waals surface area contributed by atoms with E-state index in [1.54, 1.807) is 18.0 Å². The van der Waals surface area contributed by atoms with Crippen LogP contribution in [0.5, 0.6) is 0 Å². The summed E-state index contributed by atoms with van der Waals surface area (Å²) in [4.78, 5) is 0. The molecule has 0 radical (unpaired) electrons. The molecule has 1 N–H and O–H groups in total. The summed E-state index contributed by atoms with van der Waals surface area (Å²) < 4.78 is 11.9. The Morgan fingerprint density at radius 2 is 2.22 bits per heavy atom. The SMILES string of the molecule is CCCn1ncc(Cl)c1C(O)CCOCCOC. The Kier molecular flexibility index (Phi) is 7.27. The molecule has 0 aliphatic carbocycles. The highest BCUT2D eigenvalue weighted by Crippen LogP contribution is 2.25. The molecule has 6 heteroatoms. The van der Waals surface area contributed by atoms with E-state index in [-0.39, 0.29) is 0 Å². The molecule has 18 heavy (non-hydrogen) atoms. The van der Waals surface area contributed by atoms with Crippen molar-refractivity contribution in [3.05, 3.63) is 16.9 Å². The highest BCUT2D eigenvalue weighted by molar-refractivity contribution is 6.31. The minimum atomic E-state index is -0.644. The molecule has 0 spiro atoms. The fraction of sp³-hybridized carbons (Fsp3) is 0.750. The number of aryl methyl sites for hydroxylation is 1. The fourth-order valence-electron chi connectivity index (χ4n) is 1.67. The summed E-state index contributed by atoms with van der Waals surface area (Å²) in [6, 6.07) is 0. The van der Waals surface area contributed by atoms with Crippen molar-refractivity contribution in [1.82, 2.24) is 9.78 Å². The molecular formula is C12H21ClN2O3. The molecule has 0 aromatic carbocycles. The number of ether oxygens (including phenoxy) is 2. The Morgan fingerprint density at radius 1 is 1.44 bits per heavy atom. The van der Waals surface area contributed by atoms with Crippen molar-refractivity contribution in [3.8, 4) is 0 Å². The Morgan fingerprint density at radius 3 is 2.89 bits per heavy atom. The van der Waals surface area contributed by atoms with Gasteiger partial charge in [0, 0.05) is 26.7 Å². The first-order valence-corrected chi connectivity index (χ1v) is 6.54. The summed E-state index contributed by atoms with van der Waals surface area (Å²) in [5.41, 5.74) is 0.675. The number of hydrogen-bond donors (Lipinski definition) is 1. The summed E-state index contributed by atoms with van der Waals surface area (Å²) in [5.74, 6) is 0. The molecule has 0 bridgehead atoms. The Balaban J connectivity index is 2.44. The van der Waals surface area contributed by atoms with Crippen molar-refractivity contribution in [2.75, 3.05) is 26.9 Å². The highest BCUT2D eigenvalue weighted by Gasteiger charge is 2.17. The van der Waals surface area contributed by atoms with Gasteiger partial charge in [-0.1, -0.05) is 18.5 Å². The fourth-order valence-corrected chi connectivity index (χ4v) is 1.94. The van der Waals surface area contributed by atoms with Crippen molar-refractivity contribution < 1.29 is 14.6 Å². The molecule has 1 aromatic rings. The minimum Gasteiger partial charge on any atom is -0.387 e. The van der Waals surface area contributed by atoms with Gasteiger partial charge < -0.3 is 14.6 Å². The van der Waals surface area contributed by atoms with Gasteiger partial charge in [0.05, 0.1) is 36.2 Å². The van der Waals surface area contributed by atoms with E-state index in [9.17, 15) is 5.11 Å². The summed E-state index contributed by atoms with van der Waals surface area (Å²) in [6.07, 6.45) is 2.37. The lowest BCUT2D eigenvalue weighted by Gasteiger charge is -2.13. The average molecular weight is 277 g/mol. The van der Waals surface area contributed by atoms with Crippen molar-refractivity contribution in [2.45, 2.75) is 32.4 Å². The average Bonchev–Trinajstić information content (AvgIpc) is 2.71. The molecule has 0 saturated heterocycles. The summed E-state index contributed by atoms with van der Waals surface area (Å²) in [6.45, 7) is 4.37. The molecule has 1 aromatic heterocycles. The zero-order chi connectivity index (χ0) is 13.4. The third-order valence-electron chi connectivity index (χ3n) is 2.55. The molecule has 0 aliphatic rings. The molecule has 1 heterocycles. The van der Waals surface area contributed by atoms with Gasteiger partial charge in [-0.05, 0) is 6.42 Å². The zero-order valence-electron chi connectivity index (χ0n) is 10.9. The predicted octanol–water partition coefficient (Wildman–Crippen LogP) is 2.03. The third-order valence-corrected chi connectivity index (χ3v) is 2.84. The van der Waals surface area contributed by atoms with E-state index in [1.165, 1.54) is 0 Å². The highest BCUT2D eigenvalue weighted by atomic mass is 35.5. The van der Waals surface area contributed by atoms with Crippen molar-refractivity contribution >= 4 is 11.6 Å². The van der Waals surface area contributed by atoms with Crippen LogP contribution in [0.3, 0.4) is 0 Å². The molecule has 1 rings (SSSR count). The number of methoxy groups -OCH3 is 1. The topological polar surface area (TPSA) is 56.5 Å². The van der Waals surface area contributed by atoms with Crippen LogP contribution in [0.4, 0.5) is 0 Å². The second-order valence-electron chi connectivity index (χ2n) is 4.01. The van der Waals surface area contributed by atoms with Crippen LogP contribution in [0.25, 0.3) is 0 Å². The van der Waals surface area contributed by atoms with E-state index >= 15 is 0 Å². The number of nitrogens with zero attached hydrogens (tertiary/aromatic N) is 2. The Labute approximate surface area is 113 Å². The first kappa shape index (κ1) is 15.4. The first-order valence-electron chi connectivity index (χ1n) is 6.16. The standard InChI is InChI=1S/C12H21ClN2O3/c1-3-5-15-12(10(13)9-14-15)11(16)4-6-18-8-7-17-2/h9,11,16H,3-8H2,1-2H3. The van der Waals surface area contributed by atoms with Gasteiger partial charge in [-0.3, -0.25) is 4.68 Å². The van der Waals surface area contributed by atoms with Gasteiger partial charge in [0.2, 0.25) is 0 Å². The van der Waals surface area contributed by atoms with E-state index in [4.69, 9.17) is 21.1 Å². The van der Waals surface area contributed by atoms with E-state index in [0.29, 0.717) is 37.0 Å². The lowest BCUT2D eigenvalue weighted by atomic mass is 10.2. The van der Waals surface area contributed by atoms with E-state index < -0.39 is 6.10 Å². The van der Waals surface area contributed by atoms with E-state index in [2.05, 4.69) is 12.0 Å². The van der Waals surface area contributed by atoms with Crippen LogP contribution in [0.15, 0.2) is 6.20 Å². The second kappa shape index (κ2) is 8.48. The van der Waals surface area contributed by atoms with Crippen LogP contribution in [0.2, 0.25) is 5.02 Å². The van der Waals surface area contributed by atoms with Gasteiger partial charge >= 0.3 is 0 Å². The molecule has 5 nitrogen and oxygen atoms in total. The van der Waals surface area contributed by atoms with Crippen LogP contribution < -0.4 is 0 Å². The largest absolute Gasteiger partial charge is 0.387 e. The number of aliphatic hydroxyl groups excluding tert-OH is 1. The number of aromatic nitrogens is 2. The van der Waals surface area contributed by atoms with E-state index in [1.807, 2.05) is 0 Å². The molecule has 0 fully saturated rings. The zero-order valence-corrected chi connectivity index (χ0v) is 11.7. The molecule has 0 saturated carbocycles. The summed E-state index contributed by atoms with van der Waals surface area (Å²) in [7, 11) is 1.63. The third kappa shape index (κ3) is 4.57. The smallest absolute Gasteiger partial charge is 0.0993 e. The molecular weight excluding hydrogens is 256 g/mol. The number of rotatable bonds is 9. The maximum absolute atomic E-state index is 10.1. The predicted molar refractivity (Wildman–Crippen MR) is 69.8 cm³/mol. The van der Waals surface area contributed by atoms with Gasteiger partial charge in [-0.2, -0.15) is 5.10 Å². The molecule has 104 valence electrons. The lowest BCUT2D eigenvalue weighted by Crippen LogP contribution is -2.12. The summed E-state index contributed by atoms with van der Waals surface area (Å²) >= 11 is 6.03. The number of hydrogen-bond acceptors (Lipinski definition) is 4. The maximum Gasteiger partial charge on any atom is 0.0993 e. The van der Waals surface area contributed by atoms with Crippen molar-refractivity contribution in [2.24, 2.45) is 0 Å². The maximum atomic E-state index is 10.1. The van der Waals surface area contributed by atoms with Crippen molar-refractivity contribution in [1.29, 1.82) is 0 Å². The summed E-state index contributed by atoms with van der Waals surface area (Å²) in [5, 5.41) is 14.8. The molecule has 1 unspecified atom stereocenters. The van der Waals surface area contributed by atoms with E-state index in [0.717, 1.165) is 13.0 Å². The normalized spacial score (nSPS) is 12.9. The number of aliphatic hydroxyl groups is 1. The molecule has 1 atom stereocenters.